The number of halogens is 2. The molecule has 2 atom stereocenters. The van der Waals surface area contributed by atoms with Crippen molar-refractivity contribution in [3.63, 3.8) is 0 Å². The average Bonchev–Trinajstić information content (AvgIpc) is 3.00. The fraction of sp³-hybridized carbons (Fsp3) is 0.375. The predicted octanol–water partition coefficient (Wildman–Crippen LogP) is 3.45. The number of hydrogen-bond donors (Lipinski definition) is 1. The molecule has 1 N–H and O–H groups in total. The van der Waals surface area contributed by atoms with Gasteiger partial charge in [0.15, 0.2) is 0 Å². The molecular formula is C16H16ClFN2O4. The fourth-order valence-corrected chi connectivity index (χ4v) is 3.28. The van der Waals surface area contributed by atoms with E-state index in [2.05, 4.69) is 5.16 Å². The van der Waals surface area contributed by atoms with Gasteiger partial charge in [-0.3, -0.25) is 4.79 Å². The molecule has 0 radical (unpaired) electrons. The van der Waals surface area contributed by atoms with Crippen molar-refractivity contribution >= 4 is 17.7 Å². The van der Waals surface area contributed by atoms with Crippen LogP contribution in [-0.4, -0.2) is 29.8 Å². The van der Waals surface area contributed by atoms with E-state index in [0.717, 1.165) is 0 Å². The van der Waals surface area contributed by atoms with Gasteiger partial charge in [0.2, 0.25) is 0 Å². The highest BCUT2D eigenvalue weighted by Gasteiger charge is 2.36. The molecule has 1 amide bonds. The first-order chi connectivity index (χ1) is 11.5. The first kappa shape index (κ1) is 16.6. The van der Waals surface area contributed by atoms with Gasteiger partial charge >= 0.3 is 6.09 Å². The monoisotopic (exact) mass is 354 g/mol. The maximum atomic E-state index is 14.4. The van der Waals surface area contributed by atoms with E-state index in [0.29, 0.717) is 30.7 Å². The zero-order valence-electron chi connectivity index (χ0n) is 12.9. The van der Waals surface area contributed by atoms with Crippen molar-refractivity contribution in [2.75, 3.05) is 13.7 Å². The molecule has 2 aromatic rings. The van der Waals surface area contributed by atoms with Crippen LogP contribution in [0.5, 0.6) is 0 Å². The van der Waals surface area contributed by atoms with E-state index in [1.54, 1.807) is 12.1 Å². The Bertz CT molecular complexity index is 803. The third kappa shape index (κ3) is 3.17. The second-order valence-corrected chi connectivity index (χ2v) is 6.12. The van der Waals surface area contributed by atoms with Crippen LogP contribution in [0.4, 0.5) is 9.18 Å². The number of aromatic nitrogens is 1. The molecule has 1 aliphatic heterocycles. The van der Waals surface area contributed by atoms with E-state index in [-0.39, 0.29) is 16.5 Å². The van der Waals surface area contributed by atoms with Gasteiger partial charge in [0.1, 0.15) is 11.6 Å². The highest BCUT2D eigenvalue weighted by atomic mass is 35.5. The zero-order chi connectivity index (χ0) is 17.3. The van der Waals surface area contributed by atoms with Gasteiger partial charge in [-0.05, 0) is 25.0 Å². The highest BCUT2D eigenvalue weighted by molar-refractivity contribution is 6.30. The molecule has 2 heterocycles. The molecule has 0 spiro atoms. The van der Waals surface area contributed by atoms with Crippen LogP contribution in [-0.2, 0) is 4.74 Å². The Morgan fingerprint density at radius 1 is 1.46 bits per heavy atom. The van der Waals surface area contributed by atoms with Crippen LogP contribution in [0, 0.1) is 5.82 Å². The molecule has 0 saturated carbocycles. The number of nitrogens with one attached hydrogen (secondary N) is 1. The van der Waals surface area contributed by atoms with Crippen LogP contribution in [0.15, 0.2) is 33.6 Å². The molecule has 1 aromatic carbocycles. The molecular weight excluding hydrogens is 339 g/mol. The van der Waals surface area contributed by atoms with Gasteiger partial charge in [0.05, 0.1) is 13.2 Å². The molecule has 1 aromatic heterocycles. The van der Waals surface area contributed by atoms with E-state index >= 15 is 0 Å². The van der Waals surface area contributed by atoms with Gasteiger partial charge in [0.25, 0.3) is 5.56 Å². The third-order valence-corrected chi connectivity index (χ3v) is 4.51. The first-order valence-corrected chi connectivity index (χ1v) is 7.85. The van der Waals surface area contributed by atoms with E-state index in [4.69, 9.17) is 20.9 Å². The van der Waals surface area contributed by atoms with Crippen molar-refractivity contribution in [1.29, 1.82) is 0 Å². The van der Waals surface area contributed by atoms with Crippen molar-refractivity contribution in [3.05, 3.63) is 56.8 Å². The number of carbonyl (C=O) groups is 1. The van der Waals surface area contributed by atoms with Gasteiger partial charge < -0.3 is 14.2 Å². The van der Waals surface area contributed by atoms with Crippen LogP contribution < -0.4 is 5.56 Å². The number of nitrogens with zero attached hydrogens (tertiary/aromatic N) is 1. The number of ether oxygens (including phenoxy) is 1. The number of carbonyl (C=O) groups excluding carboxylic acids is 1. The van der Waals surface area contributed by atoms with Crippen LogP contribution in [0.3, 0.4) is 0 Å². The van der Waals surface area contributed by atoms with Gasteiger partial charge in [-0.2, -0.15) is 5.16 Å². The molecule has 1 aliphatic rings. The number of benzene rings is 1. The average molecular weight is 355 g/mol. The summed E-state index contributed by atoms with van der Waals surface area (Å²) in [6.45, 7) is 0.360. The van der Waals surface area contributed by atoms with E-state index in [9.17, 15) is 14.0 Å². The minimum Gasteiger partial charge on any atom is -0.453 e. The van der Waals surface area contributed by atoms with Crippen LogP contribution in [0.1, 0.15) is 36.1 Å². The largest absolute Gasteiger partial charge is 0.453 e. The Balaban J connectivity index is 1.95. The Kier molecular flexibility index (Phi) is 4.62. The van der Waals surface area contributed by atoms with E-state index in [1.165, 1.54) is 24.1 Å². The summed E-state index contributed by atoms with van der Waals surface area (Å²) in [7, 11) is 1.29. The SMILES string of the molecule is COC(=O)N1CC[C@@H](c2cc(=O)[nH]o2)C[C@@H]1c1ccc(Cl)cc1F. The van der Waals surface area contributed by atoms with Crippen molar-refractivity contribution in [2.45, 2.75) is 24.8 Å². The third-order valence-electron chi connectivity index (χ3n) is 4.28. The maximum Gasteiger partial charge on any atom is 0.409 e. The standard InChI is InChI=1S/C16H16ClFN2O4/c1-23-16(22)20-5-4-9(14-8-15(21)19-24-14)6-13(20)11-3-2-10(17)7-12(11)18/h2-3,7-9,13H,4-6H2,1H3,(H,19,21)/t9-,13-/m1/s1. The van der Waals surface area contributed by atoms with E-state index < -0.39 is 18.0 Å². The molecule has 1 saturated heterocycles. The quantitative estimate of drug-likeness (QED) is 0.896. The number of likely N-dealkylation sites (tertiary alicyclic amines) is 1. The summed E-state index contributed by atoms with van der Waals surface area (Å²) in [5.41, 5.74) is 0.0296. The second kappa shape index (κ2) is 6.68. The van der Waals surface area contributed by atoms with Gasteiger partial charge in [-0.15, -0.1) is 0 Å². The van der Waals surface area contributed by atoms with Crippen molar-refractivity contribution in [3.8, 4) is 0 Å². The number of piperidine rings is 1. The smallest absolute Gasteiger partial charge is 0.409 e. The summed E-state index contributed by atoms with van der Waals surface area (Å²) < 4.78 is 24.3. The van der Waals surface area contributed by atoms with Gasteiger partial charge in [-0.1, -0.05) is 17.7 Å². The number of rotatable bonds is 2. The Labute approximate surface area is 142 Å². The molecule has 1 fully saturated rings. The van der Waals surface area contributed by atoms with Gasteiger partial charge in [-0.25, -0.2) is 9.18 Å². The van der Waals surface area contributed by atoms with E-state index in [1.807, 2.05) is 0 Å². The number of hydrogen-bond acceptors (Lipinski definition) is 4. The fourth-order valence-electron chi connectivity index (χ4n) is 3.12. The van der Waals surface area contributed by atoms with Crippen molar-refractivity contribution in [2.24, 2.45) is 0 Å². The lowest BCUT2D eigenvalue weighted by atomic mass is 9.85. The van der Waals surface area contributed by atoms with Crippen molar-refractivity contribution < 1.29 is 18.4 Å². The molecule has 0 unspecified atom stereocenters. The Hall–Kier alpha value is -2.28. The Morgan fingerprint density at radius 2 is 2.25 bits per heavy atom. The minimum atomic E-state index is -0.534. The molecule has 3 rings (SSSR count). The summed E-state index contributed by atoms with van der Waals surface area (Å²) >= 11 is 5.81. The summed E-state index contributed by atoms with van der Waals surface area (Å²) in [4.78, 5) is 24.8. The highest BCUT2D eigenvalue weighted by Crippen LogP contribution is 2.40. The normalized spacial score (nSPS) is 20.9. The summed E-state index contributed by atoms with van der Waals surface area (Å²) in [6.07, 6.45) is 0.471. The van der Waals surface area contributed by atoms with Crippen LogP contribution in [0.25, 0.3) is 0 Å². The Morgan fingerprint density at radius 3 is 2.88 bits per heavy atom. The second-order valence-electron chi connectivity index (χ2n) is 5.68. The lowest BCUT2D eigenvalue weighted by Crippen LogP contribution is -2.40. The zero-order valence-corrected chi connectivity index (χ0v) is 13.7. The van der Waals surface area contributed by atoms with Crippen LogP contribution >= 0.6 is 11.6 Å². The number of H-pyrrole nitrogens is 1. The lowest BCUT2D eigenvalue weighted by Gasteiger charge is -2.38. The summed E-state index contributed by atoms with van der Waals surface area (Å²) in [6, 6.07) is 5.21. The minimum absolute atomic E-state index is 0.107. The topological polar surface area (TPSA) is 75.5 Å². The van der Waals surface area contributed by atoms with Crippen LogP contribution in [0.2, 0.25) is 5.02 Å². The van der Waals surface area contributed by atoms with Crippen molar-refractivity contribution in [1.82, 2.24) is 10.1 Å². The number of aromatic amines is 1. The first-order valence-electron chi connectivity index (χ1n) is 7.47. The molecule has 24 heavy (non-hydrogen) atoms. The molecule has 0 aliphatic carbocycles. The molecule has 8 heteroatoms. The van der Waals surface area contributed by atoms with Gasteiger partial charge in [0, 0.05) is 29.1 Å². The summed E-state index contributed by atoms with van der Waals surface area (Å²) in [5.74, 6) is -0.0913. The molecule has 6 nitrogen and oxygen atoms in total. The maximum absolute atomic E-state index is 14.4. The molecule has 128 valence electrons. The number of methoxy groups -OCH3 is 1. The predicted molar refractivity (Wildman–Crippen MR) is 84.6 cm³/mol. The lowest BCUT2D eigenvalue weighted by molar-refractivity contribution is 0.0804. The number of amides is 1. The summed E-state index contributed by atoms with van der Waals surface area (Å²) in [5, 5.41) is 2.54. The molecule has 0 bridgehead atoms.